The van der Waals surface area contributed by atoms with E-state index in [-0.39, 0.29) is 17.7 Å². The van der Waals surface area contributed by atoms with Gasteiger partial charge in [-0.2, -0.15) is 0 Å². The topological polar surface area (TPSA) is 66.5 Å². The van der Waals surface area contributed by atoms with Crippen molar-refractivity contribution in [3.05, 3.63) is 0 Å². The highest BCUT2D eigenvalue weighted by Gasteiger charge is 2.23. The van der Waals surface area contributed by atoms with Crippen LogP contribution in [-0.2, 0) is 14.8 Å². The van der Waals surface area contributed by atoms with Crippen molar-refractivity contribution in [2.75, 3.05) is 18.8 Å². The summed E-state index contributed by atoms with van der Waals surface area (Å²) in [7, 11) is -3.10. The van der Waals surface area contributed by atoms with Gasteiger partial charge in [0.15, 0.2) is 0 Å². The Kier molecular flexibility index (Phi) is 6.79. The molecule has 0 spiro atoms. The largest absolute Gasteiger partial charge is 0.354 e. The Hall–Kier alpha value is -0.620. The monoisotopic (exact) mass is 290 g/mol. The number of hydrogen-bond acceptors (Lipinski definition) is 3. The number of carbonyl (C=O) groups excluding carboxylic acids is 1. The molecule has 0 aliphatic carbocycles. The second kappa shape index (κ2) is 7.85. The molecule has 1 rings (SSSR count). The maximum Gasteiger partial charge on any atom is 0.220 e. The third-order valence-corrected chi connectivity index (χ3v) is 5.17. The van der Waals surface area contributed by atoms with E-state index in [4.69, 9.17) is 0 Å². The maximum atomic E-state index is 12.0. The Bertz CT molecular complexity index is 373. The molecule has 1 amide bonds. The van der Waals surface area contributed by atoms with Crippen molar-refractivity contribution in [1.82, 2.24) is 9.62 Å². The first-order valence-electron chi connectivity index (χ1n) is 7.19. The van der Waals surface area contributed by atoms with E-state index in [9.17, 15) is 13.2 Å². The Labute approximate surface area is 116 Å². The molecule has 1 N–H and O–H groups in total. The number of carbonyl (C=O) groups is 1. The first-order valence-corrected chi connectivity index (χ1v) is 8.80. The third-order valence-electron chi connectivity index (χ3n) is 3.21. The lowest BCUT2D eigenvalue weighted by molar-refractivity contribution is -0.121. The SMILES string of the molecule is CC(C)NC(=O)CCCCS(=O)(=O)N1CCCCC1. The van der Waals surface area contributed by atoms with Gasteiger partial charge in [0.25, 0.3) is 0 Å². The molecule has 1 aliphatic rings. The van der Waals surface area contributed by atoms with Crippen LogP contribution in [0.1, 0.15) is 52.4 Å². The highest BCUT2D eigenvalue weighted by molar-refractivity contribution is 7.89. The van der Waals surface area contributed by atoms with Crippen LogP contribution in [-0.4, -0.2) is 43.5 Å². The van der Waals surface area contributed by atoms with E-state index < -0.39 is 10.0 Å². The van der Waals surface area contributed by atoms with E-state index in [1.165, 1.54) is 0 Å². The van der Waals surface area contributed by atoms with E-state index >= 15 is 0 Å². The van der Waals surface area contributed by atoms with Gasteiger partial charge >= 0.3 is 0 Å². The van der Waals surface area contributed by atoms with Crippen LogP contribution in [0.2, 0.25) is 0 Å². The Morgan fingerprint density at radius 2 is 1.79 bits per heavy atom. The average molecular weight is 290 g/mol. The van der Waals surface area contributed by atoms with Gasteiger partial charge in [0.2, 0.25) is 15.9 Å². The molecular weight excluding hydrogens is 264 g/mol. The fourth-order valence-electron chi connectivity index (χ4n) is 2.24. The lowest BCUT2D eigenvalue weighted by Gasteiger charge is -2.25. The molecule has 0 bridgehead atoms. The molecule has 0 unspecified atom stereocenters. The second-order valence-corrected chi connectivity index (χ2v) is 7.54. The number of hydrogen-bond donors (Lipinski definition) is 1. The van der Waals surface area contributed by atoms with E-state index in [1.807, 2.05) is 13.8 Å². The molecule has 0 radical (unpaired) electrons. The van der Waals surface area contributed by atoms with E-state index in [2.05, 4.69) is 5.32 Å². The van der Waals surface area contributed by atoms with Crippen LogP contribution < -0.4 is 5.32 Å². The highest BCUT2D eigenvalue weighted by Crippen LogP contribution is 2.14. The summed E-state index contributed by atoms with van der Waals surface area (Å²) < 4.78 is 25.7. The van der Waals surface area contributed by atoms with Crippen molar-refractivity contribution in [1.29, 1.82) is 0 Å². The Morgan fingerprint density at radius 1 is 1.16 bits per heavy atom. The minimum atomic E-state index is -3.10. The molecule has 1 saturated heterocycles. The van der Waals surface area contributed by atoms with Crippen LogP contribution >= 0.6 is 0 Å². The van der Waals surface area contributed by atoms with Crippen LogP contribution in [0, 0.1) is 0 Å². The molecule has 1 heterocycles. The molecule has 5 nitrogen and oxygen atoms in total. The average Bonchev–Trinajstić information content (AvgIpc) is 2.35. The third kappa shape index (κ3) is 6.38. The standard InChI is InChI=1S/C13H26N2O3S/c1-12(2)14-13(16)8-4-7-11-19(17,18)15-9-5-3-6-10-15/h12H,3-11H2,1-2H3,(H,14,16). The smallest absolute Gasteiger partial charge is 0.220 e. The van der Waals surface area contributed by atoms with Crippen LogP contribution in [0.5, 0.6) is 0 Å². The summed E-state index contributed by atoms with van der Waals surface area (Å²) in [4.78, 5) is 11.4. The molecule has 0 aromatic rings. The minimum absolute atomic E-state index is 0.00497. The van der Waals surface area contributed by atoms with Gasteiger partial charge in [0.1, 0.15) is 0 Å². The predicted molar refractivity (Wildman–Crippen MR) is 76.3 cm³/mol. The summed E-state index contributed by atoms with van der Waals surface area (Å²) >= 11 is 0. The number of piperidine rings is 1. The van der Waals surface area contributed by atoms with Gasteiger partial charge in [0.05, 0.1) is 5.75 Å². The summed E-state index contributed by atoms with van der Waals surface area (Å²) in [6.07, 6.45) is 4.66. The number of nitrogens with zero attached hydrogens (tertiary/aromatic N) is 1. The molecule has 0 aromatic heterocycles. The van der Waals surface area contributed by atoms with Crippen LogP contribution in [0.4, 0.5) is 0 Å². The number of sulfonamides is 1. The molecule has 0 saturated carbocycles. The van der Waals surface area contributed by atoms with E-state index in [0.717, 1.165) is 19.3 Å². The van der Waals surface area contributed by atoms with Gasteiger partial charge < -0.3 is 5.32 Å². The van der Waals surface area contributed by atoms with Crippen molar-refractivity contribution in [3.8, 4) is 0 Å². The molecule has 112 valence electrons. The van der Waals surface area contributed by atoms with Crippen molar-refractivity contribution in [2.24, 2.45) is 0 Å². The van der Waals surface area contributed by atoms with Gasteiger partial charge in [-0.05, 0) is 39.5 Å². The van der Waals surface area contributed by atoms with Crippen LogP contribution in [0.25, 0.3) is 0 Å². The summed E-state index contributed by atoms with van der Waals surface area (Å²) in [6.45, 7) is 5.16. The molecule has 1 fully saturated rings. The molecule has 1 aliphatic heterocycles. The predicted octanol–water partition coefficient (Wildman–Crippen LogP) is 1.50. The normalized spacial score (nSPS) is 17.6. The van der Waals surface area contributed by atoms with Crippen molar-refractivity contribution < 1.29 is 13.2 Å². The summed E-state index contributed by atoms with van der Waals surface area (Å²) in [6, 6.07) is 0.143. The van der Waals surface area contributed by atoms with Crippen molar-refractivity contribution in [3.63, 3.8) is 0 Å². The first kappa shape index (κ1) is 16.4. The van der Waals surface area contributed by atoms with Crippen molar-refractivity contribution in [2.45, 2.75) is 58.4 Å². The number of amides is 1. The van der Waals surface area contributed by atoms with Gasteiger partial charge in [-0.25, -0.2) is 12.7 Å². The lowest BCUT2D eigenvalue weighted by atomic mass is 10.2. The highest BCUT2D eigenvalue weighted by atomic mass is 32.2. The van der Waals surface area contributed by atoms with Crippen LogP contribution in [0.15, 0.2) is 0 Å². The molecule has 6 heteroatoms. The quantitative estimate of drug-likeness (QED) is 0.723. The van der Waals surface area contributed by atoms with E-state index in [0.29, 0.717) is 32.4 Å². The molecular formula is C13H26N2O3S. The first-order chi connectivity index (χ1) is 8.92. The number of nitrogens with one attached hydrogen (secondary N) is 1. The van der Waals surface area contributed by atoms with E-state index in [1.54, 1.807) is 4.31 Å². The van der Waals surface area contributed by atoms with Gasteiger partial charge in [-0.15, -0.1) is 0 Å². The zero-order valence-electron chi connectivity index (χ0n) is 12.0. The maximum absolute atomic E-state index is 12.0. The fraction of sp³-hybridized carbons (Fsp3) is 0.923. The zero-order valence-corrected chi connectivity index (χ0v) is 12.8. The number of rotatable bonds is 7. The summed E-state index contributed by atoms with van der Waals surface area (Å²) in [5.41, 5.74) is 0. The summed E-state index contributed by atoms with van der Waals surface area (Å²) in [5.74, 6) is 0.174. The van der Waals surface area contributed by atoms with Crippen molar-refractivity contribution >= 4 is 15.9 Å². The molecule has 0 aromatic carbocycles. The zero-order chi connectivity index (χ0) is 14.3. The van der Waals surface area contributed by atoms with Gasteiger partial charge in [0, 0.05) is 25.6 Å². The fourth-order valence-corrected chi connectivity index (χ4v) is 3.88. The molecule has 19 heavy (non-hydrogen) atoms. The minimum Gasteiger partial charge on any atom is -0.354 e. The number of unbranched alkanes of at least 4 members (excludes halogenated alkanes) is 1. The lowest BCUT2D eigenvalue weighted by Crippen LogP contribution is -2.37. The van der Waals surface area contributed by atoms with Gasteiger partial charge in [-0.1, -0.05) is 6.42 Å². The van der Waals surface area contributed by atoms with Crippen LogP contribution in [0.3, 0.4) is 0 Å². The second-order valence-electron chi connectivity index (χ2n) is 5.46. The summed E-state index contributed by atoms with van der Waals surface area (Å²) in [5, 5.41) is 2.80. The molecule has 0 atom stereocenters. The Balaban J connectivity index is 2.22. The Morgan fingerprint density at radius 3 is 2.37 bits per heavy atom. The van der Waals surface area contributed by atoms with Gasteiger partial charge in [-0.3, -0.25) is 4.79 Å².